The number of hydrogen-bond donors (Lipinski definition) is 1. The van der Waals surface area contributed by atoms with Crippen LogP contribution in [0, 0.1) is 6.92 Å². The Morgan fingerprint density at radius 1 is 1.22 bits per heavy atom. The van der Waals surface area contributed by atoms with Gasteiger partial charge in [-0.2, -0.15) is 0 Å². The van der Waals surface area contributed by atoms with Crippen LogP contribution in [0.1, 0.15) is 29.9 Å². The number of hydrogen-bond acceptors (Lipinski definition) is 2. The summed E-state index contributed by atoms with van der Waals surface area (Å²) in [5, 5.41) is 3.52. The maximum Gasteiger partial charge on any atom is 0.105 e. The summed E-state index contributed by atoms with van der Waals surface area (Å²) in [6, 6.07) is 10.9. The highest BCUT2D eigenvalue weighted by molar-refractivity contribution is 9.10. The first-order chi connectivity index (χ1) is 8.70. The number of likely N-dealkylation sites (N-methyl/N-ethyl adjacent to an activating group) is 1. The minimum absolute atomic E-state index is 0.315. The summed E-state index contributed by atoms with van der Waals surface area (Å²) < 4.78 is 6.52. The van der Waals surface area contributed by atoms with Crippen molar-refractivity contribution in [1.29, 1.82) is 0 Å². The van der Waals surface area contributed by atoms with Gasteiger partial charge in [0.05, 0.1) is 6.26 Å². The molecule has 0 saturated heterocycles. The molecule has 0 amide bonds. The minimum atomic E-state index is 0.315. The van der Waals surface area contributed by atoms with E-state index in [0.717, 1.165) is 23.2 Å². The van der Waals surface area contributed by atoms with Gasteiger partial charge in [0.2, 0.25) is 0 Å². The molecule has 2 aromatic rings. The molecule has 1 aromatic carbocycles. The standard InChI is InChI=1S/C15H18BrNO/c1-3-17-15(14-8-9-18-11(14)2)10-12-4-6-13(16)7-5-12/h4-9,15,17H,3,10H2,1-2H3. The molecule has 96 valence electrons. The predicted molar refractivity (Wildman–Crippen MR) is 77.7 cm³/mol. The van der Waals surface area contributed by atoms with Gasteiger partial charge in [0.1, 0.15) is 5.76 Å². The van der Waals surface area contributed by atoms with E-state index in [2.05, 4.69) is 58.5 Å². The molecule has 0 fully saturated rings. The van der Waals surface area contributed by atoms with Gasteiger partial charge in [-0.25, -0.2) is 0 Å². The van der Waals surface area contributed by atoms with Crippen LogP contribution in [0.3, 0.4) is 0 Å². The first-order valence-corrected chi connectivity index (χ1v) is 7.01. The van der Waals surface area contributed by atoms with E-state index in [4.69, 9.17) is 4.42 Å². The zero-order valence-corrected chi connectivity index (χ0v) is 12.3. The van der Waals surface area contributed by atoms with Gasteiger partial charge in [0, 0.05) is 16.1 Å². The van der Waals surface area contributed by atoms with Crippen molar-refractivity contribution < 1.29 is 4.42 Å². The Kier molecular flexibility index (Phi) is 4.61. The van der Waals surface area contributed by atoms with Crippen LogP contribution in [0.4, 0.5) is 0 Å². The van der Waals surface area contributed by atoms with Crippen molar-refractivity contribution in [1.82, 2.24) is 5.32 Å². The lowest BCUT2D eigenvalue weighted by Gasteiger charge is -2.17. The van der Waals surface area contributed by atoms with Gasteiger partial charge in [-0.3, -0.25) is 0 Å². The molecule has 3 heteroatoms. The smallest absolute Gasteiger partial charge is 0.105 e. The van der Waals surface area contributed by atoms with E-state index in [0.29, 0.717) is 6.04 Å². The molecular formula is C15H18BrNO. The molecule has 0 aliphatic carbocycles. The normalized spacial score (nSPS) is 12.6. The Hall–Kier alpha value is -1.06. The Morgan fingerprint density at radius 3 is 2.50 bits per heavy atom. The quantitative estimate of drug-likeness (QED) is 0.893. The largest absolute Gasteiger partial charge is 0.469 e. The molecule has 1 unspecified atom stereocenters. The highest BCUT2D eigenvalue weighted by atomic mass is 79.9. The molecule has 1 aromatic heterocycles. The van der Waals surface area contributed by atoms with Crippen LogP contribution in [0.2, 0.25) is 0 Å². The summed E-state index contributed by atoms with van der Waals surface area (Å²) in [7, 11) is 0. The summed E-state index contributed by atoms with van der Waals surface area (Å²) in [6.45, 7) is 5.09. The fourth-order valence-corrected chi connectivity index (χ4v) is 2.42. The van der Waals surface area contributed by atoms with Gasteiger partial charge < -0.3 is 9.73 Å². The number of nitrogens with one attached hydrogen (secondary N) is 1. The Balaban J connectivity index is 2.16. The molecule has 2 nitrogen and oxygen atoms in total. The van der Waals surface area contributed by atoms with E-state index >= 15 is 0 Å². The lowest BCUT2D eigenvalue weighted by molar-refractivity contribution is 0.501. The van der Waals surface area contributed by atoms with E-state index in [-0.39, 0.29) is 0 Å². The molecule has 0 saturated carbocycles. The van der Waals surface area contributed by atoms with Crippen LogP contribution >= 0.6 is 15.9 Å². The second-order valence-corrected chi connectivity index (χ2v) is 5.29. The third-order valence-corrected chi connectivity index (χ3v) is 3.61. The SMILES string of the molecule is CCNC(Cc1ccc(Br)cc1)c1ccoc1C. The number of benzene rings is 1. The molecule has 1 atom stereocenters. The number of halogens is 1. The van der Waals surface area contributed by atoms with Gasteiger partial charge in [-0.15, -0.1) is 0 Å². The molecule has 0 aliphatic heterocycles. The molecule has 0 radical (unpaired) electrons. The lowest BCUT2D eigenvalue weighted by atomic mass is 9.99. The van der Waals surface area contributed by atoms with Gasteiger partial charge >= 0.3 is 0 Å². The average Bonchev–Trinajstić information content (AvgIpc) is 2.78. The molecule has 1 heterocycles. The molecule has 1 N–H and O–H groups in total. The summed E-state index contributed by atoms with van der Waals surface area (Å²) >= 11 is 3.46. The van der Waals surface area contributed by atoms with Crippen molar-refractivity contribution in [2.75, 3.05) is 6.54 Å². The highest BCUT2D eigenvalue weighted by Gasteiger charge is 2.15. The zero-order valence-electron chi connectivity index (χ0n) is 10.7. The van der Waals surface area contributed by atoms with E-state index in [1.807, 2.05) is 6.92 Å². The van der Waals surface area contributed by atoms with Crippen LogP contribution in [0.15, 0.2) is 45.5 Å². The molecule has 0 spiro atoms. The van der Waals surface area contributed by atoms with Crippen molar-refractivity contribution in [2.24, 2.45) is 0 Å². The molecule has 18 heavy (non-hydrogen) atoms. The van der Waals surface area contributed by atoms with E-state index in [9.17, 15) is 0 Å². The predicted octanol–water partition coefficient (Wildman–Crippen LogP) is 4.24. The van der Waals surface area contributed by atoms with E-state index in [1.165, 1.54) is 11.1 Å². The zero-order chi connectivity index (χ0) is 13.0. The fraction of sp³-hybridized carbons (Fsp3) is 0.333. The molecular weight excluding hydrogens is 290 g/mol. The van der Waals surface area contributed by atoms with Crippen LogP contribution < -0.4 is 5.32 Å². The second-order valence-electron chi connectivity index (χ2n) is 4.37. The van der Waals surface area contributed by atoms with Crippen molar-refractivity contribution in [3.8, 4) is 0 Å². The maximum absolute atomic E-state index is 5.40. The summed E-state index contributed by atoms with van der Waals surface area (Å²) in [5.41, 5.74) is 2.57. The van der Waals surface area contributed by atoms with E-state index < -0.39 is 0 Å². The second kappa shape index (κ2) is 6.21. The molecule has 2 rings (SSSR count). The average molecular weight is 308 g/mol. The van der Waals surface area contributed by atoms with Crippen LogP contribution in [-0.2, 0) is 6.42 Å². The lowest BCUT2D eigenvalue weighted by Crippen LogP contribution is -2.23. The summed E-state index contributed by atoms with van der Waals surface area (Å²) in [5.74, 6) is 0.998. The molecule has 0 aliphatic rings. The van der Waals surface area contributed by atoms with Crippen LogP contribution in [0.25, 0.3) is 0 Å². The van der Waals surface area contributed by atoms with Crippen LogP contribution in [-0.4, -0.2) is 6.54 Å². The van der Waals surface area contributed by atoms with Gasteiger partial charge in [0.15, 0.2) is 0 Å². The number of furan rings is 1. The first kappa shape index (κ1) is 13.4. The van der Waals surface area contributed by atoms with Crippen molar-refractivity contribution >= 4 is 15.9 Å². The van der Waals surface area contributed by atoms with Crippen molar-refractivity contribution in [3.05, 3.63) is 58.0 Å². The maximum atomic E-state index is 5.40. The monoisotopic (exact) mass is 307 g/mol. The van der Waals surface area contributed by atoms with Gasteiger partial charge in [-0.1, -0.05) is 35.0 Å². The van der Waals surface area contributed by atoms with Gasteiger partial charge in [0.25, 0.3) is 0 Å². The van der Waals surface area contributed by atoms with Crippen molar-refractivity contribution in [2.45, 2.75) is 26.3 Å². The summed E-state index contributed by atoms with van der Waals surface area (Å²) in [6.07, 6.45) is 2.73. The Bertz CT molecular complexity index is 489. The van der Waals surface area contributed by atoms with Crippen LogP contribution in [0.5, 0.6) is 0 Å². The first-order valence-electron chi connectivity index (χ1n) is 6.22. The fourth-order valence-electron chi connectivity index (χ4n) is 2.15. The summed E-state index contributed by atoms with van der Waals surface area (Å²) in [4.78, 5) is 0. The van der Waals surface area contributed by atoms with Gasteiger partial charge in [-0.05, 0) is 43.7 Å². The highest BCUT2D eigenvalue weighted by Crippen LogP contribution is 2.23. The van der Waals surface area contributed by atoms with Crippen molar-refractivity contribution in [3.63, 3.8) is 0 Å². The Labute approximate surface area is 117 Å². The number of aryl methyl sites for hydroxylation is 1. The van der Waals surface area contributed by atoms with E-state index in [1.54, 1.807) is 6.26 Å². The third kappa shape index (κ3) is 3.24. The Morgan fingerprint density at radius 2 is 1.94 bits per heavy atom. The third-order valence-electron chi connectivity index (χ3n) is 3.08. The molecule has 0 bridgehead atoms. The number of rotatable bonds is 5. The minimum Gasteiger partial charge on any atom is -0.469 e. The topological polar surface area (TPSA) is 25.2 Å².